The van der Waals surface area contributed by atoms with Gasteiger partial charge in [0, 0.05) is 6.54 Å². The first kappa shape index (κ1) is 18.8. The predicted octanol–water partition coefficient (Wildman–Crippen LogP) is 6.22. The minimum absolute atomic E-state index is 0.348. The van der Waals surface area contributed by atoms with Gasteiger partial charge in [-0.3, -0.25) is 0 Å². The number of allylic oxidation sites excluding steroid dienone is 1. The van der Waals surface area contributed by atoms with Crippen LogP contribution in [0.25, 0.3) is 16.3 Å². The van der Waals surface area contributed by atoms with Gasteiger partial charge < -0.3 is 10.0 Å². The fourth-order valence-electron chi connectivity index (χ4n) is 4.52. The Bertz CT molecular complexity index is 1000. The van der Waals surface area contributed by atoms with Gasteiger partial charge in [0.25, 0.3) is 0 Å². The van der Waals surface area contributed by atoms with E-state index in [2.05, 4.69) is 67.5 Å². The summed E-state index contributed by atoms with van der Waals surface area (Å²) in [6.45, 7) is 0.982. The highest BCUT2D eigenvalue weighted by Crippen LogP contribution is 2.40. The molecule has 0 amide bonds. The van der Waals surface area contributed by atoms with Crippen LogP contribution in [-0.4, -0.2) is 30.6 Å². The van der Waals surface area contributed by atoms with E-state index >= 15 is 0 Å². The zero-order valence-electron chi connectivity index (χ0n) is 16.9. The van der Waals surface area contributed by atoms with Crippen molar-refractivity contribution in [2.45, 2.75) is 31.6 Å². The second-order valence-corrected chi connectivity index (χ2v) is 8.27. The molecule has 1 aliphatic carbocycles. The van der Waals surface area contributed by atoms with Crippen LogP contribution < -0.4 is 0 Å². The zero-order valence-corrected chi connectivity index (χ0v) is 16.9. The maximum Gasteiger partial charge on any atom is 0.116 e. The summed E-state index contributed by atoms with van der Waals surface area (Å²) in [5.74, 6) is 0.863. The molecule has 0 radical (unpaired) electrons. The van der Waals surface area contributed by atoms with Gasteiger partial charge in [-0.2, -0.15) is 0 Å². The van der Waals surface area contributed by atoms with Gasteiger partial charge in [-0.25, -0.2) is 0 Å². The molecule has 2 heteroatoms. The number of phenols is 1. The third kappa shape index (κ3) is 4.13. The summed E-state index contributed by atoms with van der Waals surface area (Å²) < 4.78 is 0. The van der Waals surface area contributed by atoms with Crippen molar-refractivity contribution in [2.24, 2.45) is 0 Å². The number of hydrogen-bond donors (Lipinski definition) is 1. The lowest BCUT2D eigenvalue weighted by atomic mass is 9.86. The summed E-state index contributed by atoms with van der Waals surface area (Å²) in [6.07, 6.45) is 4.58. The lowest BCUT2D eigenvalue weighted by Crippen LogP contribution is -2.16. The van der Waals surface area contributed by atoms with Gasteiger partial charge in [0.05, 0.1) is 0 Å². The predicted molar refractivity (Wildman–Crippen MR) is 119 cm³/mol. The molecule has 1 aliphatic rings. The monoisotopic (exact) mass is 371 g/mol. The van der Waals surface area contributed by atoms with Gasteiger partial charge >= 0.3 is 0 Å². The van der Waals surface area contributed by atoms with Crippen molar-refractivity contribution in [2.75, 3.05) is 20.6 Å². The largest absolute Gasteiger partial charge is 0.508 e. The fourth-order valence-corrected chi connectivity index (χ4v) is 4.52. The third-order valence-corrected chi connectivity index (χ3v) is 5.86. The highest BCUT2D eigenvalue weighted by molar-refractivity contribution is 5.83. The molecule has 0 saturated carbocycles. The molecule has 0 bridgehead atoms. The molecule has 0 spiro atoms. The molecule has 3 aromatic rings. The molecule has 3 aromatic carbocycles. The van der Waals surface area contributed by atoms with Crippen LogP contribution in [0.5, 0.6) is 5.75 Å². The van der Waals surface area contributed by atoms with Crippen LogP contribution >= 0.6 is 0 Å². The average Bonchev–Trinajstić information content (AvgIpc) is 2.90. The Morgan fingerprint density at radius 1 is 0.929 bits per heavy atom. The molecular formula is C26H29NO. The molecule has 1 N–H and O–H groups in total. The second-order valence-electron chi connectivity index (χ2n) is 8.27. The van der Waals surface area contributed by atoms with Crippen molar-refractivity contribution < 1.29 is 5.11 Å². The van der Waals surface area contributed by atoms with Gasteiger partial charge in [0.2, 0.25) is 0 Å². The quantitative estimate of drug-likeness (QED) is 0.588. The highest BCUT2D eigenvalue weighted by atomic mass is 16.3. The maximum absolute atomic E-state index is 10.1. The topological polar surface area (TPSA) is 23.5 Å². The Hall–Kier alpha value is -2.58. The Balaban J connectivity index is 1.73. The minimum atomic E-state index is 0.348. The van der Waals surface area contributed by atoms with E-state index in [-0.39, 0.29) is 0 Å². The van der Waals surface area contributed by atoms with Crippen molar-refractivity contribution >= 4 is 16.3 Å². The van der Waals surface area contributed by atoms with Crippen molar-refractivity contribution in [3.8, 4) is 5.75 Å². The van der Waals surface area contributed by atoms with E-state index in [1.807, 2.05) is 12.1 Å². The number of rotatable bonds is 4. The number of benzene rings is 3. The number of hydrogen-bond acceptors (Lipinski definition) is 2. The maximum atomic E-state index is 10.1. The van der Waals surface area contributed by atoms with Crippen LogP contribution in [0.4, 0.5) is 0 Å². The summed E-state index contributed by atoms with van der Waals surface area (Å²) in [5.41, 5.74) is 5.53. The Kier molecular flexibility index (Phi) is 5.50. The molecule has 1 unspecified atom stereocenters. The van der Waals surface area contributed by atoms with E-state index in [1.165, 1.54) is 45.9 Å². The van der Waals surface area contributed by atoms with E-state index in [1.54, 1.807) is 6.07 Å². The van der Waals surface area contributed by atoms with Crippen LogP contribution in [0.15, 0.2) is 72.3 Å². The molecule has 0 fully saturated rings. The molecule has 4 rings (SSSR count). The molecule has 144 valence electrons. The van der Waals surface area contributed by atoms with Crippen molar-refractivity contribution in [1.82, 2.24) is 4.90 Å². The van der Waals surface area contributed by atoms with Gasteiger partial charge in [0.15, 0.2) is 0 Å². The van der Waals surface area contributed by atoms with Gasteiger partial charge in [0.1, 0.15) is 5.75 Å². The molecule has 1 atom stereocenters. The molecule has 0 aliphatic heterocycles. The SMILES string of the molecule is CN(C)CC1=C(c2cccc(O)c2)CC(c2ccc3ccccc3c2)CCC1. The summed E-state index contributed by atoms with van der Waals surface area (Å²) in [7, 11) is 4.28. The smallest absolute Gasteiger partial charge is 0.116 e. The van der Waals surface area contributed by atoms with Gasteiger partial charge in [-0.1, -0.05) is 60.2 Å². The molecule has 0 aromatic heterocycles. The summed E-state index contributed by atoms with van der Waals surface area (Å²) in [4.78, 5) is 2.26. The number of phenolic OH excluding ortho intramolecular Hbond substituents is 1. The standard InChI is InChI=1S/C26H29NO/c1-27(2)18-24-11-5-9-21(17-26(24)23-10-6-12-25(28)16-23)22-14-13-19-7-3-4-8-20(19)15-22/h3-4,6-8,10,12-16,21,28H,5,9,11,17-18H2,1-2H3. The van der Waals surface area contributed by atoms with Crippen molar-refractivity contribution in [3.05, 3.63) is 83.4 Å². The van der Waals surface area contributed by atoms with Gasteiger partial charge in [-0.05, 0) is 85.3 Å². The van der Waals surface area contributed by atoms with Crippen molar-refractivity contribution in [1.29, 1.82) is 0 Å². The molecule has 0 heterocycles. The lowest BCUT2D eigenvalue weighted by Gasteiger charge is -2.20. The normalized spacial score (nSPS) is 17.9. The number of fused-ring (bicyclic) bond motifs is 1. The van der Waals surface area contributed by atoms with Crippen molar-refractivity contribution in [3.63, 3.8) is 0 Å². The third-order valence-electron chi connectivity index (χ3n) is 5.86. The number of aromatic hydroxyl groups is 1. The first-order valence-corrected chi connectivity index (χ1v) is 10.2. The highest BCUT2D eigenvalue weighted by Gasteiger charge is 2.22. The molecule has 28 heavy (non-hydrogen) atoms. The van der Waals surface area contributed by atoms with E-state index < -0.39 is 0 Å². The van der Waals surface area contributed by atoms with Crippen LogP contribution in [0.3, 0.4) is 0 Å². The first-order valence-electron chi connectivity index (χ1n) is 10.2. The first-order chi connectivity index (χ1) is 13.6. The van der Waals surface area contributed by atoms with Crippen LogP contribution in [0, 0.1) is 0 Å². The van der Waals surface area contributed by atoms with E-state index in [0.29, 0.717) is 11.7 Å². The Labute approximate surface area is 168 Å². The average molecular weight is 372 g/mol. The zero-order chi connectivity index (χ0) is 19.5. The van der Waals surface area contributed by atoms with E-state index in [9.17, 15) is 5.11 Å². The number of likely N-dealkylation sites (N-methyl/N-ethyl adjacent to an activating group) is 1. The molecule has 0 saturated heterocycles. The second kappa shape index (κ2) is 8.20. The lowest BCUT2D eigenvalue weighted by molar-refractivity contribution is 0.438. The van der Waals surface area contributed by atoms with Crippen LogP contribution in [0.2, 0.25) is 0 Å². The van der Waals surface area contributed by atoms with Crippen LogP contribution in [0.1, 0.15) is 42.7 Å². The molecule has 2 nitrogen and oxygen atoms in total. The summed E-state index contributed by atoms with van der Waals surface area (Å²) in [5, 5.41) is 12.7. The van der Waals surface area contributed by atoms with E-state index in [4.69, 9.17) is 0 Å². The van der Waals surface area contributed by atoms with Crippen LogP contribution in [-0.2, 0) is 0 Å². The number of nitrogens with zero attached hydrogens (tertiary/aromatic N) is 1. The Morgan fingerprint density at radius 2 is 1.75 bits per heavy atom. The fraction of sp³-hybridized carbons (Fsp3) is 0.308. The minimum Gasteiger partial charge on any atom is -0.508 e. The summed E-state index contributed by atoms with van der Waals surface area (Å²) in [6, 6.07) is 23.3. The van der Waals surface area contributed by atoms with E-state index in [0.717, 1.165) is 19.4 Å². The van der Waals surface area contributed by atoms with Gasteiger partial charge in [-0.15, -0.1) is 0 Å². The molecular weight excluding hydrogens is 342 g/mol. The Morgan fingerprint density at radius 3 is 2.54 bits per heavy atom. The summed E-state index contributed by atoms with van der Waals surface area (Å²) >= 11 is 0.